The van der Waals surface area contributed by atoms with Gasteiger partial charge >= 0.3 is 0 Å². The Kier molecular flexibility index (Phi) is 9.31. The molecule has 41 heavy (non-hydrogen) atoms. The molecule has 0 aliphatic carbocycles. The summed E-state index contributed by atoms with van der Waals surface area (Å²) >= 11 is 21.3. The molecule has 4 nitrogen and oxygen atoms in total. The van der Waals surface area contributed by atoms with Crippen LogP contribution >= 0.6 is 66.8 Å². The van der Waals surface area contributed by atoms with Gasteiger partial charge in [0.1, 0.15) is 12.4 Å². The highest BCUT2D eigenvalue weighted by Gasteiger charge is 2.35. The maximum Gasteiger partial charge on any atom is 0.271 e. The number of aliphatic imine (C=N–C) groups is 1. The lowest BCUT2D eigenvalue weighted by molar-refractivity contribution is -0.113. The van der Waals surface area contributed by atoms with E-state index in [9.17, 15) is 4.79 Å². The summed E-state index contributed by atoms with van der Waals surface area (Å²) in [6.07, 6.45) is 1.83. The molecule has 4 aromatic carbocycles. The van der Waals surface area contributed by atoms with Gasteiger partial charge in [0.15, 0.2) is 5.17 Å². The number of amidine groups is 1. The molecule has 4 aromatic rings. The van der Waals surface area contributed by atoms with Gasteiger partial charge in [-0.2, -0.15) is 0 Å². The van der Waals surface area contributed by atoms with Crippen molar-refractivity contribution in [1.29, 1.82) is 0 Å². The molecule has 1 fully saturated rings. The van der Waals surface area contributed by atoms with Gasteiger partial charge in [0.2, 0.25) is 0 Å². The molecule has 5 rings (SSSR count). The smallest absolute Gasteiger partial charge is 0.271 e. The highest BCUT2D eigenvalue weighted by Crippen LogP contribution is 2.41. The summed E-state index contributed by atoms with van der Waals surface area (Å²) in [4.78, 5) is 20.8. The van der Waals surface area contributed by atoms with Crippen molar-refractivity contribution in [2.45, 2.75) is 27.4 Å². The van der Waals surface area contributed by atoms with Crippen molar-refractivity contribution in [2.24, 2.45) is 4.99 Å². The lowest BCUT2D eigenvalue weighted by Gasteiger charge is -2.17. The summed E-state index contributed by atoms with van der Waals surface area (Å²) in [5.74, 6) is 0.419. The number of aryl methyl sites for hydroxylation is 3. The molecule has 1 aliphatic rings. The number of halogens is 4. The minimum atomic E-state index is -0.215. The van der Waals surface area contributed by atoms with Crippen molar-refractivity contribution in [1.82, 2.24) is 0 Å². The minimum Gasteiger partial charge on any atom is -0.487 e. The maximum atomic E-state index is 13.9. The molecule has 0 aromatic heterocycles. The van der Waals surface area contributed by atoms with E-state index in [1.165, 1.54) is 17.3 Å². The van der Waals surface area contributed by atoms with Crippen molar-refractivity contribution < 1.29 is 9.53 Å². The molecule has 1 amide bonds. The summed E-state index contributed by atoms with van der Waals surface area (Å²) in [7, 11) is 0. The number of hydrogen-bond donors (Lipinski definition) is 0. The molecule has 0 spiro atoms. The van der Waals surface area contributed by atoms with E-state index in [0.717, 1.165) is 31.2 Å². The molecule has 0 unspecified atom stereocenters. The van der Waals surface area contributed by atoms with Crippen molar-refractivity contribution in [3.63, 3.8) is 0 Å². The Balaban J connectivity index is 1.56. The number of thioether (sulfide) groups is 1. The average Bonchev–Trinajstić information content (AvgIpc) is 3.22. The maximum absolute atomic E-state index is 13.9. The first-order valence-corrected chi connectivity index (χ1v) is 15.8. The zero-order valence-electron chi connectivity index (χ0n) is 22.3. The SMILES string of the molecule is Cc1ccc(COc2c(Br)cc(Br)cc2/C=C2/SC(=Nc3ccc(C)c(Cl)c3)N(c3ccc(C)c(Cl)c3)C2=O)cc1. The zero-order valence-corrected chi connectivity index (χ0v) is 27.8. The molecular weight excluding hydrogens is 707 g/mol. The quantitative estimate of drug-likeness (QED) is 0.186. The Morgan fingerprint density at radius 3 is 2.27 bits per heavy atom. The van der Waals surface area contributed by atoms with Gasteiger partial charge in [0, 0.05) is 20.1 Å². The van der Waals surface area contributed by atoms with Gasteiger partial charge in [-0.3, -0.25) is 9.69 Å². The van der Waals surface area contributed by atoms with E-state index in [1.54, 1.807) is 17.0 Å². The van der Waals surface area contributed by atoms with Gasteiger partial charge in [0.05, 0.1) is 20.8 Å². The van der Waals surface area contributed by atoms with Crippen LogP contribution in [0, 0.1) is 20.8 Å². The lowest BCUT2D eigenvalue weighted by Crippen LogP contribution is -2.28. The van der Waals surface area contributed by atoms with Crippen LogP contribution in [0.1, 0.15) is 27.8 Å². The predicted molar refractivity (Wildman–Crippen MR) is 180 cm³/mol. The fraction of sp³-hybridized carbons (Fsp3) is 0.125. The van der Waals surface area contributed by atoms with Crippen LogP contribution in [0.2, 0.25) is 10.0 Å². The zero-order chi connectivity index (χ0) is 29.3. The average molecular weight is 731 g/mol. The Morgan fingerprint density at radius 2 is 1.59 bits per heavy atom. The minimum absolute atomic E-state index is 0.215. The van der Waals surface area contributed by atoms with Gasteiger partial charge < -0.3 is 4.74 Å². The van der Waals surface area contributed by atoms with Gasteiger partial charge in [-0.05, 0) is 108 Å². The monoisotopic (exact) mass is 728 g/mol. The molecular formula is C32H24Br2Cl2N2O2S. The number of amides is 1. The van der Waals surface area contributed by atoms with Crippen molar-refractivity contribution in [2.75, 3.05) is 4.90 Å². The first-order valence-electron chi connectivity index (χ1n) is 12.6. The standard InChI is InChI=1S/C32H24Br2Cl2N2O2S/c1-18-4-8-21(9-5-18)17-40-30-22(12-23(33)14-26(30)34)13-29-31(39)38(25-11-7-20(3)28(36)16-25)32(41-29)37-24-10-6-19(2)27(35)15-24/h4-16H,17H2,1-3H3/b29-13+,37-32?. The van der Waals surface area contributed by atoms with E-state index in [2.05, 4.69) is 50.9 Å². The summed E-state index contributed by atoms with van der Waals surface area (Å²) in [6.45, 7) is 6.29. The van der Waals surface area contributed by atoms with Crippen LogP contribution < -0.4 is 9.64 Å². The molecule has 0 saturated carbocycles. The second-order valence-electron chi connectivity index (χ2n) is 9.59. The molecule has 0 bridgehead atoms. The van der Waals surface area contributed by atoms with Crippen LogP contribution in [0.4, 0.5) is 11.4 Å². The molecule has 0 radical (unpaired) electrons. The number of ether oxygens (including phenoxy) is 1. The summed E-state index contributed by atoms with van der Waals surface area (Å²) in [5, 5.41) is 1.67. The summed E-state index contributed by atoms with van der Waals surface area (Å²) in [5.41, 5.74) is 6.12. The Bertz CT molecular complexity index is 1720. The van der Waals surface area contributed by atoms with E-state index in [4.69, 9.17) is 32.9 Å². The van der Waals surface area contributed by atoms with Gasteiger partial charge in [0.25, 0.3) is 5.91 Å². The predicted octanol–water partition coefficient (Wildman–Crippen LogP) is 10.8. The van der Waals surface area contributed by atoms with E-state index in [1.807, 2.05) is 68.5 Å². The Morgan fingerprint density at radius 1 is 0.902 bits per heavy atom. The second kappa shape index (κ2) is 12.8. The number of carbonyl (C=O) groups is 1. The largest absolute Gasteiger partial charge is 0.487 e. The Hall–Kier alpha value is -2.55. The lowest BCUT2D eigenvalue weighted by atomic mass is 10.1. The first kappa shape index (κ1) is 29.9. The highest BCUT2D eigenvalue weighted by molar-refractivity contribution is 9.11. The third-order valence-corrected chi connectivity index (χ3v) is 9.26. The fourth-order valence-electron chi connectivity index (χ4n) is 4.08. The summed E-state index contributed by atoms with van der Waals surface area (Å²) in [6, 6.07) is 23.2. The van der Waals surface area contributed by atoms with Crippen molar-refractivity contribution in [3.05, 3.63) is 125 Å². The van der Waals surface area contributed by atoms with E-state index in [-0.39, 0.29) is 5.91 Å². The first-order chi connectivity index (χ1) is 19.6. The fourth-order valence-corrected chi connectivity index (χ4v) is 6.79. The normalized spacial score (nSPS) is 15.3. The summed E-state index contributed by atoms with van der Waals surface area (Å²) < 4.78 is 7.89. The van der Waals surface area contributed by atoms with Crippen LogP contribution in [0.15, 0.2) is 91.6 Å². The van der Waals surface area contributed by atoms with Crippen molar-refractivity contribution in [3.8, 4) is 5.75 Å². The second-order valence-corrected chi connectivity index (χ2v) is 13.2. The third-order valence-electron chi connectivity index (χ3n) is 6.43. The Labute approximate surface area is 270 Å². The van der Waals surface area contributed by atoms with Crippen LogP contribution in [-0.4, -0.2) is 11.1 Å². The van der Waals surface area contributed by atoms with E-state index in [0.29, 0.717) is 43.8 Å². The number of hydrogen-bond acceptors (Lipinski definition) is 4. The van der Waals surface area contributed by atoms with Gasteiger partial charge in [-0.15, -0.1) is 0 Å². The van der Waals surface area contributed by atoms with Gasteiger partial charge in [-0.25, -0.2) is 4.99 Å². The molecule has 1 heterocycles. The molecule has 1 aliphatic heterocycles. The molecule has 208 valence electrons. The number of rotatable bonds is 6. The van der Waals surface area contributed by atoms with Crippen LogP contribution in [-0.2, 0) is 11.4 Å². The topological polar surface area (TPSA) is 41.9 Å². The van der Waals surface area contributed by atoms with E-state index < -0.39 is 0 Å². The number of benzene rings is 4. The number of carbonyl (C=O) groups excluding carboxylic acids is 1. The highest BCUT2D eigenvalue weighted by atomic mass is 79.9. The number of anilines is 1. The van der Waals surface area contributed by atoms with Gasteiger partial charge in [-0.1, -0.05) is 81.1 Å². The van der Waals surface area contributed by atoms with E-state index >= 15 is 0 Å². The molecule has 0 N–H and O–H groups in total. The van der Waals surface area contributed by atoms with Crippen molar-refractivity contribution >= 4 is 95.3 Å². The van der Waals surface area contributed by atoms with Crippen LogP contribution in [0.25, 0.3) is 6.08 Å². The molecule has 9 heteroatoms. The van der Waals surface area contributed by atoms with Crippen LogP contribution in [0.3, 0.4) is 0 Å². The third kappa shape index (κ3) is 6.92. The molecule has 1 saturated heterocycles. The molecule has 0 atom stereocenters. The number of nitrogens with zero attached hydrogens (tertiary/aromatic N) is 2. The van der Waals surface area contributed by atoms with Crippen LogP contribution in [0.5, 0.6) is 5.75 Å².